The number of allylic oxidation sites excluding steroid dienone is 3. The highest BCUT2D eigenvalue weighted by atomic mass is 19.1. The number of halogens is 2. The molecular weight excluding hydrogens is 458 g/mol. The molecule has 2 saturated carbocycles. The maximum absolute atomic E-state index is 15.2. The van der Waals surface area contributed by atoms with E-state index in [1.165, 1.54) is 43.2 Å². The summed E-state index contributed by atoms with van der Waals surface area (Å²) in [7, 11) is 0. The Morgan fingerprint density at radius 2 is 1.41 bits per heavy atom. The van der Waals surface area contributed by atoms with Crippen LogP contribution >= 0.6 is 0 Å². The van der Waals surface area contributed by atoms with Gasteiger partial charge in [0.05, 0.1) is 0 Å². The molecule has 0 heterocycles. The molecule has 0 aromatic heterocycles. The van der Waals surface area contributed by atoms with Gasteiger partial charge in [0.25, 0.3) is 0 Å². The summed E-state index contributed by atoms with van der Waals surface area (Å²) in [6, 6.07) is 12.0. The molecule has 1 unspecified atom stereocenters. The second-order valence-corrected chi connectivity index (χ2v) is 12.1. The van der Waals surface area contributed by atoms with Gasteiger partial charge in [0.2, 0.25) is 0 Å². The first kappa shape index (κ1) is 26.4. The van der Waals surface area contributed by atoms with Crippen molar-refractivity contribution < 1.29 is 8.78 Å². The van der Waals surface area contributed by atoms with Gasteiger partial charge in [-0.3, -0.25) is 0 Å². The lowest BCUT2D eigenvalue weighted by Gasteiger charge is -2.30. The van der Waals surface area contributed by atoms with E-state index in [0.29, 0.717) is 17.8 Å². The van der Waals surface area contributed by atoms with Crippen LogP contribution in [0.15, 0.2) is 55.1 Å². The average Bonchev–Trinajstić information content (AvgIpc) is 2.94. The van der Waals surface area contributed by atoms with Gasteiger partial charge in [-0.1, -0.05) is 56.2 Å². The Hall–Kier alpha value is -2.22. The molecule has 0 spiro atoms. The van der Waals surface area contributed by atoms with Crippen LogP contribution < -0.4 is 0 Å². The second-order valence-electron chi connectivity index (χ2n) is 12.1. The highest BCUT2D eigenvalue weighted by Gasteiger charge is 2.27. The van der Waals surface area contributed by atoms with Gasteiger partial charge in [-0.15, -0.1) is 6.58 Å². The van der Waals surface area contributed by atoms with E-state index in [9.17, 15) is 0 Å². The van der Waals surface area contributed by atoms with Gasteiger partial charge < -0.3 is 0 Å². The molecule has 2 fully saturated rings. The van der Waals surface area contributed by atoms with E-state index in [2.05, 4.69) is 43.9 Å². The zero-order chi connectivity index (χ0) is 25.8. The highest BCUT2D eigenvalue weighted by molar-refractivity contribution is 5.67. The molecule has 0 N–H and O–H groups in total. The third-order valence-electron chi connectivity index (χ3n) is 9.80. The van der Waals surface area contributed by atoms with E-state index in [0.717, 1.165) is 74.0 Å². The van der Waals surface area contributed by atoms with E-state index in [-0.39, 0.29) is 17.6 Å². The van der Waals surface area contributed by atoms with Crippen molar-refractivity contribution >= 4 is 5.57 Å². The molecular formula is C35H44F2. The number of benzene rings is 2. The van der Waals surface area contributed by atoms with Gasteiger partial charge in [0.1, 0.15) is 11.6 Å². The van der Waals surface area contributed by atoms with Crippen LogP contribution in [-0.2, 0) is 0 Å². The molecule has 0 radical (unpaired) electrons. The third kappa shape index (κ3) is 6.10. The van der Waals surface area contributed by atoms with Crippen molar-refractivity contribution in [1.82, 2.24) is 0 Å². The zero-order valence-electron chi connectivity index (χ0n) is 22.7. The van der Waals surface area contributed by atoms with Crippen LogP contribution in [-0.4, -0.2) is 0 Å². The second kappa shape index (κ2) is 12.1. The van der Waals surface area contributed by atoms with Crippen molar-refractivity contribution in [3.8, 4) is 0 Å². The lowest BCUT2D eigenvalue weighted by molar-refractivity contribution is 0.373. The number of rotatable bonds is 7. The molecule has 2 heteroatoms. The van der Waals surface area contributed by atoms with Gasteiger partial charge in [-0.2, -0.15) is 0 Å². The van der Waals surface area contributed by atoms with Gasteiger partial charge in [-0.05, 0) is 135 Å². The SMILES string of the molecule is C=CC1CCC(c2ccc(C3CCC(c4ccc(C5=CCC(CCC)CC5)c(F)c4)CC3)c(F)c2)CC1. The minimum absolute atomic E-state index is 0.0240. The summed E-state index contributed by atoms with van der Waals surface area (Å²) in [6.45, 7) is 6.18. The van der Waals surface area contributed by atoms with Crippen LogP contribution in [0.5, 0.6) is 0 Å². The quantitative estimate of drug-likeness (QED) is 0.330. The highest BCUT2D eigenvalue weighted by Crippen LogP contribution is 2.43. The van der Waals surface area contributed by atoms with Crippen molar-refractivity contribution in [2.75, 3.05) is 0 Å². The Morgan fingerprint density at radius 1 is 0.784 bits per heavy atom. The van der Waals surface area contributed by atoms with E-state index in [4.69, 9.17) is 0 Å². The van der Waals surface area contributed by atoms with Gasteiger partial charge in [0.15, 0.2) is 0 Å². The standard InChI is InChI=1S/C35H44F2/c1-3-5-25-8-12-28(13-9-25)32-20-19-31(23-34(32)36)27-14-16-29(17-15-27)33-21-18-30(22-35(33)37)26-10-6-24(4-2)7-11-26/h4,12,18-27,29H,2-3,5-11,13-17H2,1H3. The smallest absolute Gasteiger partial charge is 0.130 e. The molecule has 3 aliphatic rings. The molecule has 2 aromatic carbocycles. The van der Waals surface area contributed by atoms with Crippen molar-refractivity contribution in [3.05, 3.63) is 89.0 Å². The fraction of sp³-hybridized carbons (Fsp3) is 0.543. The molecule has 0 saturated heterocycles. The topological polar surface area (TPSA) is 0 Å². The number of hydrogen-bond acceptors (Lipinski definition) is 0. The molecule has 0 nitrogen and oxygen atoms in total. The predicted molar refractivity (Wildman–Crippen MR) is 152 cm³/mol. The molecule has 2 aromatic rings. The van der Waals surface area contributed by atoms with Crippen molar-refractivity contribution in [3.63, 3.8) is 0 Å². The molecule has 0 aliphatic heterocycles. The Balaban J connectivity index is 1.18. The minimum atomic E-state index is -0.0661. The summed E-state index contributed by atoms with van der Waals surface area (Å²) < 4.78 is 30.4. The summed E-state index contributed by atoms with van der Waals surface area (Å²) in [6.07, 6.45) is 18.7. The maximum atomic E-state index is 15.2. The lowest BCUT2D eigenvalue weighted by Crippen LogP contribution is -2.15. The van der Waals surface area contributed by atoms with E-state index in [1.807, 2.05) is 12.1 Å². The Labute approximate surface area is 223 Å². The molecule has 0 amide bonds. The molecule has 1 atom stereocenters. The Kier molecular flexibility index (Phi) is 8.63. The van der Waals surface area contributed by atoms with Crippen LogP contribution in [0.4, 0.5) is 8.78 Å². The first-order chi connectivity index (χ1) is 18.1. The molecule has 5 rings (SSSR count). The van der Waals surface area contributed by atoms with Crippen LogP contribution in [0.1, 0.15) is 130 Å². The minimum Gasteiger partial charge on any atom is -0.207 e. The van der Waals surface area contributed by atoms with Crippen molar-refractivity contribution in [2.45, 2.75) is 108 Å². The van der Waals surface area contributed by atoms with Gasteiger partial charge >= 0.3 is 0 Å². The predicted octanol–water partition coefficient (Wildman–Crippen LogP) is 10.8. The van der Waals surface area contributed by atoms with E-state index < -0.39 is 0 Å². The maximum Gasteiger partial charge on any atom is 0.130 e. The third-order valence-corrected chi connectivity index (χ3v) is 9.80. The molecule has 0 bridgehead atoms. The van der Waals surface area contributed by atoms with Gasteiger partial charge in [-0.25, -0.2) is 8.78 Å². The first-order valence-electron chi connectivity index (χ1n) is 15.0. The summed E-state index contributed by atoms with van der Waals surface area (Å²) in [4.78, 5) is 0. The van der Waals surface area contributed by atoms with Crippen LogP contribution in [0.25, 0.3) is 5.57 Å². The average molecular weight is 503 g/mol. The molecule has 37 heavy (non-hydrogen) atoms. The summed E-state index contributed by atoms with van der Waals surface area (Å²) in [5, 5.41) is 0. The zero-order valence-corrected chi connectivity index (χ0v) is 22.7. The monoisotopic (exact) mass is 502 g/mol. The molecule has 198 valence electrons. The van der Waals surface area contributed by atoms with Crippen LogP contribution in [0, 0.1) is 23.5 Å². The largest absolute Gasteiger partial charge is 0.207 e. The summed E-state index contributed by atoms with van der Waals surface area (Å²) in [5.41, 5.74) is 5.15. The van der Waals surface area contributed by atoms with Crippen LogP contribution in [0.3, 0.4) is 0 Å². The van der Waals surface area contributed by atoms with E-state index >= 15 is 8.78 Å². The summed E-state index contributed by atoms with van der Waals surface area (Å²) in [5.74, 6) is 2.43. The van der Waals surface area contributed by atoms with Gasteiger partial charge in [0, 0.05) is 5.56 Å². The lowest BCUT2D eigenvalue weighted by atomic mass is 9.75. The normalized spacial score (nSPS) is 28.5. The van der Waals surface area contributed by atoms with Crippen molar-refractivity contribution in [1.29, 1.82) is 0 Å². The first-order valence-corrected chi connectivity index (χ1v) is 15.0. The Bertz CT molecular complexity index is 1100. The molecule has 3 aliphatic carbocycles. The Morgan fingerprint density at radius 3 is 1.97 bits per heavy atom. The summed E-state index contributed by atoms with van der Waals surface area (Å²) >= 11 is 0. The van der Waals surface area contributed by atoms with Crippen molar-refractivity contribution in [2.24, 2.45) is 11.8 Å². The van der Waals surface area contributed by atoms with Crippen LogP contribution in [0.2, 0.25) is 0 Å². The number of hydrogen-bond donors (Lipinski definition) is 0. The fourth-order valence-electron chi connectivity index (χ4n) is 7.40. The fourth-order valence-corrected chi connectivity index (χ4v) is 7.40. The van der Waals surface area contributed by atoms with E-state index in [1.54, 1.807) is 6.07 Å².